The quantitative estimate of drug-likeness (QED) is 0.182. The summed E-state index contributed by atoms with van der Waals surface area (Å²) in [5.74, 6) is 0.863. The molecule has 1 N–H and O–H groups in total. The molecule has 3 aromatic rings. The van der Waals surface area contributed by atoms with Crippen LogP contribution in [0.5, 0.6) is 17.2 Å². The van der Waals surface area contributed by atoms with Gasteiger partial charge in [0.25, 0.3) is 0 Å². The molecule has 0 spiro atoms. The van der Waals surface area contributed by atoms with E-state index in [-0.39, 0.29) is 37.0 Å². The van der Waals surface area contributed by atoms with Crippen molar-refractivity contribution in [1.29, 1.82) is 0 Å². The van der Waals surface area contributed by atoms with Gasteiger partial charge in [-0.1, -0.05) is 18.9 Å². The number of benzene rings is 3. The number of ether oxygens (including phenoxy) is 4. The SMILES string of the molecule is CCOc1cc(C=CC(=O)Nc2cc(S(=O)(=O)N3CCOCC3)ccc2N2CCCCCC2)ccc1OCCOc1ccc(F)cc1. The van der Waals surface area contributed by atoms with Crippen molar-refractivity contribution < 1.29 is 36.6 Å². The highest BCUT2D eigenvalue weighted by molar-refractivity contribution is 7.89. The highest BCUT2D eigenvalue weighted by atomic mass is 32.2. The molecular weight excluding hydrogens is 625 g/mol. The summed E-state index contributed by atoms with van der Waals surface area (Å²) in [5, 5.41) is 2.95. The molecule has 47 heavy (non-hydrogen) atoms. The van der Waals surface area contributed by atoms with Gasteiger partial charge in [-0.3, -0.25) is 4.79 Å². The van der Waals surface area contributed by atoms with Gasteiger partial charge in [-0.25, -0.2) is 12.8 Å². The zero-order valence-corrected chi connectivity index (χ0v) is 27.5. The number of hydrogen-bond donors (Lipinski definition) is 1. The number of carbonyl (C=O) groups excluding carboxylic acids is 1. The molecule has 252 valence electrons. The minimum Gasteiger partial charge on any atom is -0.490 e. The number of sulfonamides is 1. The first-order valence-electron chi connectivity index (χ1n) is 16.1. The molecule has 3 aromatic carbocycles. The molecule has 10 nitrogen and oxygen atoms in total. The summed E-state index contributed by atoms with van der Waals surface area (Å²) < 4.78 is 64.0. The van der Waals surface area contributed by atoms with Crippen LogP contribution in [0.2, 0.25) is 0 Å². The van der Waals surface area contributed by atoms with Crippen LogP contribution >= 0.6 is 0 Å². The molecule has 0 atom stereocenters. The van der Waals surface area contributed by atoms with Crippen LogP contribution in [0.1, 0.15) is 38.2 Å². The third-order valence-corrected chi connectivity index (χ3v) is 9.79. The molecule has 2 aliphatic heterocycles. The Balaban J connectivity index is 1.28. The van der Waals surface area contributed by atoms with Gasteiger partial charge in [-0.2, -0.15) is 4.31 Å². The van der Waals surface area contributed by atoms with Crippen molar-refractivity contribution in [2.75, 3.05) is 69.4 Å². The van der Waals surface area contributed by atoms with Gasteiger partial charge in [-0.05, 0) is 86.0 Å². The van der Waals surface area contributed by atoms with E-state index in [1.54, 1.807) is 54.6 Å². The summed E-state index contributed by atoms with van der Waals surface area (Å²) in [6.45, 7) is 5.74. The van der Waals surface area contributed by atoms with Crippen molar-refractivity contribution >= 4 is 33.4 Å². The summed E-state index contributed by atoms with van der Waals surface area (Å²) in [6, 6.07) is 16.1. The second-order valence-electron chi connectivity index (χ2n) is 11.2. The maximum atomic E-state index is 13.4. The Morgan fingerprint density at radius 1 is 0.872 bits per heavy atom. The molecule has 5 rings (SSSR count). The molecule has 2 aliphatic rings. The molecule has 0 unspecified atom stereocenters. The van der Waals surface area contributed by atoms with Crippen molar-refractivity contribution in [3.05, 3.63) is 78.1 Å². The lowest BCUT2D eigenvalue weighted by atomic mass is 10.2. The van der Waals surface area contributed by atoms with Crippen molar-refractivity contribution in [2.45, 2.75) is 37.5 Å². The highest BCUT2D eigenvalue weighted by Gasteiger charge is 2.28. The maximum Gasteiger partial charge on any atom is 0.248 e. The molecule has 0 radical (unpaired) electrons. The number of anilines is 2. The number of morpholine rings is 1. The summed E-state index contributed by atoms with van der Waals surface area (Å²) in [6.07, 6.45) is 7.43. The van der Waals surface area contributed by atoms with Crippen LogP contribution in [-0.4, -0.2) is 77.8 Å². The zero-order chi connectivity index (χ0) is 33.1. The van der Waals surface area contributed by atoms with E-state index in [9.17, 15) is 17.6 Å². The van der Waals surface area contributed by atoms with Crippen LogP contribution in [0, 0.1) is 5.82 Å². The lowest BCUT2D eigenvalue weighted by Gasteiger charge is -2.28. The van der Waals surface area contributed by atoms with E-state index in [2.05, 4.69) is 10.2 Å². The van der Waals surface area contributed by atoms with E-state index in [1.165, 1.54) is 22.5 Å². The van der Waals surface area contributed by atoms with E-state index in [4.69, 9.17) is 18.9 Å². The van der Waals surface area contributed by atoms with Crippen LogP contribution in [-0.2, 0) is 19.6 Å². The first-order valence-corrected chi connectivity index (χ1v) is 17.5. The Labute approximate surface area is 276 Å². The summed E-state index contributed by atoms with van der Waals surface area (Å²) >= 11 is 0. The minimum atomic E-state index is -3.75. The standard InChI is InChI=1S/C35H42FN3O7S/c1-2-44-34-25-27(7-15-33(34)46-24-23-45-29-11-9-28(36)10-12-29)8-16-35(40)37-31-26-30(47(41,42)39-19-21-43-22-20-39)13-14-32(31)38-17-5-3-4-6-18-38/h7-16,25-26H,2-6,17-24H2,1H3,(H,37,40). The molecule has 2 fully saturated rings. The predicted molar refractivity (Wildman–Crippen MR) is 179 cm³/mol. The number of amides is 1. The molecule has 12 heteroatoms. The topological polar surface area (TPSA) is 107 Å². The third-order valence-electron chi connectivity index (χ3n) is 7.90. The number of halogens is 1. The lowest BCUT2D eigenvalue weighted by Crippen LogP contribution is -2.40. The van der Waals surface area contributed by atoms with Gasteiger partial charge in [-0.15, -0.1) is 0 Å². The monoisotopic (exact) mass is 667 g/mol. The van der Waals surface area contributed by atoms with Crippen molar-refractivity contribution in [3.63, 3.8) is 0 Å². The first kappa shape index (κ1) is 34.2. The summed E-state index contributed by atoms with van der Waals surface area (Å²) in [7, 11) is -3.75. The Bertz CT molecular complexity index is 1620. The smallest absolute Gasteiger partial charge is 0.248 e. The second-order valence-corrected chi connectivity index (χ2v) is 13.1. The molecule has 2 heterocycles. The third kappa shape index (κ3) is 9.46. The van der Waals surface area contributed by atoms with Crippen LogP contribution in [0.4, 0.5) is 15.8 Å². The van der Waals surface area contributed by atoms with E-state index in [0.717, 1.165) is 50.0 Å². The molecule has 0 aliphatic carbocycles. The molecule has 1 amide bonds. The minimum absolute atomic E-state index is 0.136. The van der Waals surface area contributed by atoms with Gasteiger partial charge >= 0.3 is 0 Å². The fraction of sp³-hybridized carbons (Fsp3) is 0.400. The predicted octanol–water partition coefficient (Wildman–Crippen LogP) is 5.74. The highest BCUT2D eigenvalue weighted by Crippen LogP contribution is 2.33. The van der Waals surface area contributed by atoms with E-state index < -0.39 is 15.9 Å². The molecule has 2 saturated heterocycles. The van der Waals surface area contributed by atoms with Gasteiger partial charge in [0.2, 0.25) is 15.9 Å². The number of carbonyl (C=O) groups is 1. The van der Waals surface area contributed by atoms with Gasteiger partial charge < -0.3 is 29.2 Å². The number of rotatable bonds is 13. The largest absolute Gasteiger partial charge is 0.490 e. The van der Waals surface area contributed by atoms with Crippen molar-refractivity contribution in [3.8, 4) is 17.2 Å². The Hall–Kier alpha value is -4.13. The fourth-order valence-electron chi connectivity index (χ4n) is 5.50. The molecule has 0 saturated carbocycles. The second kappa shape index (κ2) is 16.6. The Kier molecular flexibility index (Phi) is 12.1. The van der Waals surface area contributed by atoms with Crippen LogP contribution < -0.4 is 24.4 Å². The van der Waals surface area contributed by atoms with E-state index >= 15 is 0 Å². The van der Waals surface area contributed by atoms with Crippen LogP contribution in [0.25, 0.3) is 6.08 Å². The normalized spacial score (nSPS) is 16.1. The number of nitrogens with zero attached hydrogens (tertiary/aromatic N) is 2. The average molecular weight is 668 g/mol. The Morgan fingerprint density at radius 2 is 1.60 bits per heavy atom. The van der Waals surface area contributed by atoms with Gasteiger partial charge in [0, 0.05) is 32.3 Å². The van der Waals surface area contributed by atoms with Crippen LogP contribution in [0.3, 0.4) is 0 Å². The number of nitrogens with one attached hydrogen (secondary N) is 1. The summed E-state index contributed by atoms with van der Waals surface area (Å²) in [4.78, 5) is 15.6. The average Bonchev–Trinajstić information content (AvgIpc) is 3.37. The number of hydrogen-bond acceptors (Lipinski definition) is 8. The first-order chi connectivity index (χ1) is 22.8. The van der Waals surface area contributed by atoms with Crippen molar-refractivity contribution in [2.24, 2.45) is 0 Å². The van der Waals surface area contributed by atoms with Gasteiger partial charge in [0.15, 0.2) is 11.5 Å². The summed E-state index contributed by atoms with van der Waals surface area (Å²) in [5.41, 5.74) is 1.98. The maximum absolute atomic E-state index is 13.4. The van der Waals surface area contributed by atoms with E-state index in [1.807, 2.05) is 6.92 Å². The molecule has 0 bridgehead atoms. The zero-order valence-electron chi connectivity index (χ0n) is 26.7. The van der Waals surface area contributed by atoms with Gasteiger partial charge in [0.1, 0.15) is 24.8 Å². The van der Waals surface area contributed by atoms with E-state index in [0.29, 0.717) is 42.8 Å². The fourth-order valence-corrected chi connectivity index (χ4v) is 6.94. The molecular formula is C35H42FN3O7S. The van der Waals surface area contributed by atoms with Gasteiger partial charge in [0.05, 0.1) is 36.1 Å². The molecule has 0 aromatic heterocycles. The lowest BCUT2D eigenvalue weighted by molar-refractivity contribution is -0.111. The van der Waals surface area contributed by atoms with Crippen molar-refractivity contribution in [1.82, 2.24) is 4.31 Å². The Morgan fingerprint density at radius 3 is 2.32 bits per heavy atom. The van der Waals surface area contributed by atoms with Crippen LogP contribution in [0.15, 0.2) is 71.6 Å².